The Morgan fingerprint density at radius 1 is 1.06 bits per heavy atom. The van der Waals surface area contributed by atoms with Gasteiger partial charge in [0.15, 0.2) is 15.0 Å². The standard InChI is InChI=1S/C25H25N3O4S2/c1-18-10-11-21(32-2)23-24(18)33-25(27-23)28(16-20-9-6-13-26-15-20)22(29)12-14-34(30,31)17-19-7-4-3-5-8-19/h3-11,13,15H,12,14,16-17H2,1-2H3. The summed E-state index contributed by atoms with van der Waals surface area (Å²) >= 11 is 1.39. The fourth-order valence-corrected chi connectivity index (χ4v) is 5.99. The molecule has 0 atom stereocenters. The van der Waals surface area contributed by atoms with Gasteiger partial charge in [0, 0.05) is 18.8 Å². The molecule has 34 heavy (non-hydrogen) atoms. The molecule has 0 saturated heterocycles. The summed E-state index contributed by atoms with van der Waals surface area (Å²) in [5.41, 5.74) is 3.24. The van der Waals surface area contributed by atoms with Crippen LogP contribution in [0.4, 0.5) is 5.13 Å². The highest BCUT2D eigenvalue weighted by Gasteiger charge is 2.24. The first-order chi connectivity index (χ1) is 16.4. The molecule has 0 unspecified atom stereocenters. The van der Waals surface area contributed by atoms with E-state index in [1.54, 1.807) is 54.7 Å². The van der Waals surface area contributed by atoms with Gasteiger partial charge < -0.3 is 4.74 Å². The summed E-state index contributed by atoms with van der Waals surface area (Å²) in [6, 6.07) is 16.5. The Bertz CT molecular complexity index is 1390. The van der Waals surface area contributed by atoms with E-state index in [1.807, 2.05) is 31.2 Å². The predicted octanol–water partition coefficient (Wildman–Crippen LogP) is 4.55. The molecule has 4 rings (SSSR count). The van der Waals surface area contributed by atoms with Crippen LogP contribution in [-0.2, 0) is 26.9 Å². The zero-order chi connectivity index (χ0) is 24.1. The molecule has 0 aliphatic carbocycles. The summed E-state index contributed by atoms with van der Waals surface area (Å²) in [7, 11) is -1.87. The molecule has 2 aromatic carbocycles. The van der Waals surface area contributed by atoms with Gasteiger partial charge in [-0.1, -0.05) is 53.8 Å². The number of nitrogens with zero attached hydrogens (tertiary/aromatic N) is 3. The van der Waals surface area contributed by atoms with Gasteiger partial charge in [-0.3, -0.25) is 14.7 Å². The van der Waals surface area contributed by atoms with Crippen molar-refractivity contribution in [3.05, 3.63) is 83.7 Å². The summed E-state index contributed by atoms with van der Waals surface area (Å²) in [6.07, 6.45) is 3.21. The maximum absolute atomic E-state index is 13.3. The number of sulfone groups is 1. The smallest absolute Gasteiger partial charge is 0.230 e. The first-order valence-corrected chi connectivity index (χ1v) is 13.4. The molecular formula is C25H25N3O4S2. The van der Waals surface area contributed by atoms with E-state index in [-0.39, 0.29) is 30.4 Å². The molecule has 0 bridgehead atoms. The average molecular weight is 496 g/mol. The van der Waals surface area contributed by atoms with Gasteiger partial charge in [-0.25, -0.2) is 13.4 Å². The lowest BCUT2D eigenvalue weighted by Gasteiger charge is -2.20. The molecule has 0 N–H and O–H groups in total. The molecule has 0 radical (unpaired) electrons. The van der Waals surface area contributed by atoms with E-state index in [4.69, 9.17) is 9.72 Å². The van der Waals surface area contributed by atoms with Crippen molar-refractivity contribution in [3.8, 4) is 5.75 Å². The van der Waals surface area contributed by atoms with Crippen LogP contribution in [0.2, 0.25) is 0 Å². The molecule has 9 heteroatoms. The second kappa shape index (κ2) is 10.3. The van der Waals surface area contributed by atoms with Crippen molar-refractivity contribution in [2.75, 3.05) is 17.8 Å². The number of methoxy groups -OCH3 is 1. The minimum absolute atomic E-state index is 0.0960. The Balaban J connectivity index is 1.60. The van der Waals surface area contributed by atoms with Gasteiger partial charge in [0.2, 0.25) is 5.91 Å². The quantitative estimate of drug-likeness (QED) is 0.339. The van der Waals surface area contributed by atoms with Gasteiger partial charge in [-0.05, 0) is 35.7 Å². The van der Waals surface area contributed by atoms with Crippen molar-refractivity contribution in [2.45, 2.75) is 25.6 Å². The number of rotatable bonds is 9. The third kappa shape index (κ3) is 5.60. The number of carbonyl (C=O) groups is 1. The summed E-state index contributed by atoms with van der Waals surface area (Å²) in [4.78, 5) is 23.7. The van der Waals surface area contributed by atoms with Crippen molar-refractivity contribution < 1.29 is 17.9 Å². The van der Waals surface area contributed by atoms with Crippen molar-refractivity contribution in [1.82, 2.24) is 9.97 Å². The van der Waals surface area contributed by atoms with Gasteiger partial charge >= 0.3 is 0 Å². The number of hydrogen-bond acceptors (Lipinski definition) is 7. The first kappa shape index (κ1) is 23.8. The van der Waals surface area contributed by atoms with Crippen LogP contribution in [0.5, 0.6) is 5.75 Å². The lowest BCUT2D eigenvalue weighted by molar-refractivity contribution is -0.118. The minimum atomic E-state index is -3.46. The van der Waals surface area contributed by atoms with E-state index in [2.05, 4.69) is 4.98 Å². The van der Waals surface area contributed by atoms with Gasteiger partial charge in [-0.15, -0.1) is 0 Å². The van der Waals surface area contributed by atoms with E-state index in [9.17, 15) is 13.2 Å². The minimum Gasteiger partial charge on any atom is -0.494 e. The van der Waals surface area contributed by atoms with Crippen LogP contribution in [0.1, 0.15) is 23.1 Å². The molecule has 0 aliphatic heterocycles. The highest BCUT2D eigenvalue weighted by atomic mass is 32.2. The number of benzene rings is 2. The molecule has 1 amide bonds. The Labute approximate surface area is 203 Å². The number of carbonyl (C=O) groups excluding carboxylic acids is 1. The fraction of sp³-hybridized carbons (Fsp3) is 0.240. The van der Waals surface area contributed by atoms with Crippen molar-refractivity contribution in [2.24, 2.45) is 0 Å². The fourth-order valence-electron chi connectivity index (χ4n) is 3.59. The summed E-state index contributed by atoms with van der Waals surface area (Å²) in [5, 5.41) is 0.497. The maximum atomic E-state index is 13.3. The van der Waals surface area contributed by atoms with Crippen LogP contribution in [-0.4, -0.2) is 37.2 Å². The largest absolute Gasteiger partial charge is 0.494 e. The topological polar surface area (TPSA) is 89.5 Å². The molecule has 0 saturated carbocycles. The molecule has 2 aromatic heterocycles. The lowest BCUT2D eigenvalue weighted by atomic mass is 10.2. The summed E-state index contributed by atoms with van der Waals surface area (Å²) in [6.45, 7) is 2.22. The van der Waals surface area contributed by atoms with E-state index in [0.29, 0.717) is 22.0 Å². The third-order valence-electron chi connectivity index (χ3n) is 5.36. The van der Waals surface area contributed by atoms with E-state index in [1.165, 1.54) is 11.3 Å². The maximum Gasteiger partial charge on any atom is 0.230 e. The lowest BCUT2D eigenvalue weighted by Crippen LogP contribution is -2.32. The Hall–Kier alpha value is -3.30. The van der Waals surface area contributed by atoms with Gasteiger partial charge in [0.1, 0.15) is 11.3 Å². The van der Waals surface area contributed by atoms with Crippen LogP contribution in [0.3, 0.4) is 0 Å². The van der Waals surface area contributed by atoms with Gasteiger partial charge in [0.05, 0.1) is 29.9 Å². The number of aromatic nitrogens is 2. The Morgan fingerprint density at radius 2 is 1.82 bits per heavy atom. The third-order valence-corrected chi connectivity index (χ3v) is 8.18. The number of hydrogen-bond donors (Lipinski definition) is 0. The normalized spacial score (nSPS) is 11.5. The second-order valence-electron chi connectivity index (χ2n) is 7.93. The monoisotopic (exact) mass is 495 g/mol. The number of amides is 1. The van der Waals surface area contributed by atoms with Gasteiger partial charge in [0.25, 0.3) is 0 Å². The van der Waals surface area contributed by atoms with Crippen LogP contribution in [0.25, 0.3) is 10.2 Å². The highest BCUT2D eigenvalue weighted by Crippen LogP contribution is 2.37. The summed E-state index contributed by atoms with van der Waals surface area (Å²) in [5.74, 6) is -0.0165. The van der Waals surface area contributed by atoms with E-state index < -0.39 is 9.84 Å². The zero-order valence-corrected chi connectivity index (χ0v) is 20.6. The second-order valence-corrected chi connectivity index (χ2v) is 11.1. The van der Waals surface area contributed by atoms with Crippen molar-refractivity contribution in [3.63, 3.8) is 0 Å². The Morgan fingerprint density at radius 3 is 2.53 bits per heavy atom. The zero-order valence-electron chi connectivity index (χ0n) is 19.0. The van der Waals surface area contributed by atoms with Crippen molar-refractivity contribution in [1.29, 1.82) is 0 Å². The Kier molecular flexibility index (Phi) is 7.23. The SMILES string of the molecule is COc1ccc(C)c2sc(N(Cc3cccnc3)C(=O)CCS(=O)(=O)Cc3ccccc3)nc12. The first-order valence-electron chi connectivity index (χ1n) is 10.7. The molecule has 176 valence electrons. The number of pyridine rings is 1. The number of anilines is 1. The molecule has 0 aliphatic rings. The predicted molar refractivity (Wildman–Crippen MR) is 135 cm³/mol. The number of ether oxygens (including phenoxy) is 1. The van der Waals surface area contributed by atoms with Crippen molar-refractivity contribution >= 4 is 42.4 Å². The molecule has 2 heterocycles. The highest BCUT2D eigenvalue weighted by molar-refractivity contribution is 7.90. The van der Waals surface area contributed by atoms with Crippen LogP contribution in [0.15, 0.2) is 67.0 Å². The average Bonchev–Trinajstić information content (AvgIpc) is 3.28. The molecule has 4 aromatic rings. The van der Waals surface area contributed by atoms with E-state index >= 15 is 0 Å². The van der Waals surface area contributed by atoms with E-state index in [0.717, 1.165) is 15.8 Å². The number of aryl methyl sites for hydroxylation is 1. The van der Waals surface area contributed by atoms with Crippen LogP contribution >= 0.6 is 11.3 Å². The molecule has 0 spiro atoms. The molecular weight excluding hydrogens is 470 g/mol. The summed E-state index contributed by atoms with van der Waals surface area (Å²) < 4.78 is 31.7. The van der Waals surface area contributed by atoms with Crippen LogP contribution in [0, 0.1) is 6.92 Å². The number of thiazole rings is 1. The van der Waals surface area contributed by atoms with Gasteiger partial charge in [-0.2, -0.15) is 0 Å². The van der Waals surface area contributed by atoms with Crippen LogP contribution < -0.4 is 9.64 Å². The molecule has 0 fully saturated rings. The number of fused-ring (bicyclic) bond motifs is 1. The molecule has 7 nitrogen and oxygen atoms in total.